The third kappa shape index (κ3) is 5.21. The predicted octanol–water partition coefficient (Wildman–Crippen LogP) is -0.399. The molecule has 1 fully saturated rings. The Bertz CT molecular complexity index is 116. The van der Waals surface area contributed by atoms with Crippen molar-refractivity contribution in [2.45, 2.75) is 12.5 Å². The maximum Gasteiger partial charge on any atom is 0.0712 e. The molecule has 1 aliphatic rings. The van der Waals surface area contributed by atoms with Crippen molar-refractivity contribution < 1.29 is 9.47 Å². The molecule has 2 N–H and O–H groups in total. The first-order valence-electron chi connectivity index (χ1n) is 4.95. The number of methoxy groups -OCH3 is 1. The fraction of sp³-hybridized carbons (Fsp3) is 1.00. The molecule has 4 heteroatoms. The third-order valence-corrected chi connectivity index (χ3v) is 2.13. The van der Waals surface area contributed by atoms with E-state index in [0.717, 1.165) is 45.8 Å². The van der Waals surface area contributed by atoms with Gasteiger partial charge in [0.1, 0.15) is 0 Å². The molecule has 0 aromatic carbocycles. The van der Waals surface area contributed by atoms with E-state index in [9.17, 15) is 0 Å². The zero-order valence-corrected chi connectivity index (χ0v) is 8.34. The average molecular weight is 188 g/mol. The molecule has 0 radical (unpaired) electrons. The number of ether oxygens (including phenoxy) is 2. The summed E-state index contributed by atoms with van der Waals surface area (Å²) in [4.78, 5) is 0. The lowest BCUT2D eigenvalue weighted by Crippen LogP contribution is -2.40. The van der Waals surface area contributed by atoms with Crippen LogP contribution in [0.15, 0.2) is 0 Å². The normalized spacial score (nSPS) is 23.3. The number of morpholine rings is 1. The second-order valence-electron chi connectivity index (χ2n) is 3.23. The fourth-order valence-electron chi connectivity index (χ4n) is 1.37. The molecule has 1 unspecified atom stereocenters. The second kappa shape index (κ2) is 7.26. The van der Waals surface area contributed by atoms with Gasteiger partial charge >= 0.3 is 0 Å². The molecular weight excluding hydrogens is 168 g/mol. The van der Waals surface area contributed by atoms with Gasteiger partial charge in [0, 0.05) is 26.7 Å². The van der Waals surface area contributed by atoms with Gasteiger partial charge in [-0.25, -0.2) is 0 Å². The van der Waals surface area contributed by atoms with Gasteiger partial charge in [0.2, 0.25) is 0 Å². The molecule has 0 amide bonds. The number of rotatable bonds is 6. The molecule has 1 atom stereocenters. The van der Waals surface area contributed by atoms with E-state index >= 15 is 0 Å². The van der Waals surface area contributed by atoms with Gasteiger partial charge in [-0.2, -0.15) is 0 Å². The van der Waals surface area contributed by atoms with Crippen LogP contribution in [0.1, 0.15) is 6.42 Å². The lowest BCUT2D eigenvalue weighted by Gasteiger charge is -2.23. The average Bonchev–Trinajstić information content (AvgIpc) is 2.19. The SMILES string of the molecule is COCCNCCC1CNCCO1. The molecule has 4 nitrogen and oxygen atoms in total. The number of hydrogen-bond donors (Lipinski definition) is 2. The van der Waals surface area contributed by atoms with E-state index in [2.05, 4.69) is 10.6 Å². The summed E-state index contributed by atoms with van der Waals surface area (Å²) < 4.78 is 10.5. The van der Waals surface area contributed by atoms with Crippen molar-refractivity contribution in [2.24, 2.45) is 0 Å². The maximum atomic E-state index is 5.55. The molecule has 1 saturated heterocycles. The van der Waals surface area contributed by atoms with Crippen LogP contribution in [0.25, 0.3) is 0 Å². The zero-order valence-electron chi connectivity index (χ0n) is 8.34. The Labute approximate surface area is 80.0 Å². The first-order chi connectivity index (χ1) is 6.43. The van der Waals surface area contributed by atoms with E-state index in [1.807, 2.05) is 0 Å². The summed E-state index contributed by atoms with van der Waals surface area (Å²) in [7, 11) is 1.72. The quantitative estimate of drug-likeness (QED) is 0.557. The minimum Gasteiger partial charge on any atom is -0.383 e. The maximum absolute atomic E-state index is 5.55. The molecule has 0 bridgehead atoms. The lowest BCUT2D eigenvalue weighted by molar-refractivity contribution is 0.0237. The smallest absolute Gasteiger partial charge is 0.0712 e. The van der Waals surface area contributed by atoms with Crippen molar-refractivity contribution in [2.75, 3.05) is 46.5 Å². The van der Waals surface area contributed by atoms with Crippen LogP contribution in [0.4, 0.5) is 0 Å². The second-order valence-corrected chi connectivity index (χ2v) is 3.23. The zero-order chi connectivity index (χ0) is 9.36. The van der Waals surface area contributed by atoms with Crippen molar-refractivity contribution in [1.82, 2.24) is 10.6 Å². The van der Waals surface area contributed by atoms with Crippen molar-refractivity contribution >= 4 is 0 Å². The number of nitrogens with one attached hydrogen (secondary N) is 2. The summed E-state index contributed by atoms with van der Waals surface area (Å²) in [5.41, 5.74) is 0. The fourth-order valence-corrected chi connectivity index (χ4v) is 1.37. The van der Waals surface area contributed by atoms with Crippen LogP contribution in [0.2, 0.25) is 0 Å². The molecule has 1 heterocycles. The summed E-state index contributed by atoms with van der Waals surface area (Å²) in [6, 6.07) is 0. The molecule has 0 aromatic rings. The summed E-state index contributed by atoms with van der Waals surface area (Å²) in [5, 5.41) is 6.61. The Kier molecular flexibility index (Phi) is 6.10. The van der Waals surface area contributed by atoms with E-state index in [-0.39, 0.29) is 0 Å². The molecule has 78 valence electrons. The lowest BCUT2D eigenvalue weighted by atomic mass is 10.2. The van der Waals surface area contributed by atoms with Gasteiger partial charge in [-0.1, -0.05) is 0 Å². The van der Waals surface area contributed by atoms with E-state index in [0.29, 0.717) is 6.10 Å². The van der Waals surface area contributed by atoms with Crippen LogP contribution in [0, 0.1) is 0 Å². The van der Waals surface area contributed by atoms with Crippen LogP contribution < -0.4 is 10.6 Å². The van der Waals surface area contributed by atoms with Gasteiger partial charge in [-0.15, -0.1) is 0 Å². The molecule has 0 spiro atoms. The van der Waals surface area contributed by atoms with Crippen LogP contribution in [0.5, 0.6) is 0 Å². The monoisotopic (exact) mass is 188 g/mol. The number of hydrogen-bond acceptors (Lipinski definition) is 4. The van der Waals surface area contributed by atoms with Crippen LogP contribution in [-0.4, -0.2) is 52.6 Å². The summed E-state index contributed by atoms with van der Waals surface area (Å²) >= 11 is 0. The van der Waals surface area contributed by atoms with Gasteiger partial charge in [-0.05, 0) is 13.0 Å². The van der Waals surface area contributed by atoms with E-state index in [4.69, 9.17) is 9.47 Å². The minimum atomic E-state index is 0.392. The van der Waals surface area contributed by atoms with Crippen molar-refractivity contribution in [3.8, 4) is 0 Å². The molecule has 1 rings (SSSR count). The van der Waals surface area contributed by atoms with Gasteiger partial charge in [0.25, 0.3) is 0 Å². The Morgan fingerprint density at radius 1 is 1.54 bits per heavy atom. The molecular formula is C9H20N2O2. The highest BCUT2D eigenvalue weighted by atomic mass is 16.5. The Balaban J connectivity index is 1.86. The first kappa shape index (κ1) is 10.9. The molecule has 1 aliphatic heterocycles. The van der Waals surface area contributed by atoms with E-state index in [1.165, 1.54) is 0 Å². The summed E-state index contributed by atoms with van der Waals surface area (Å²) in [6.07, 6.45) is 1.47. The summed E-state index contributed by atoms with van der Waals surface area (Å²) in [6.45, 7) is 5.55. The predicted molar refractivity (Wildman–Crippen MR) is 52.0 cm³/mol. The highest BCUT2D eigenvalue weighted by molar-refractivity contribution is 4.67. The van der Waals surface area contributed by atoms with Gasteiger partial charge in [-0.3, -0.25) is 0 Å². The molecule has 0 aromatic heterocycles. The highest BCUT2D eigenvalue weighted by Crippen LogP contribution is 1.99. The van der Waals surface area contributed by atoms with Crippen molar-refractivity contribution in [3.63, 3.8) is 0 Å². The van der Waals surface area contributed by atoms with Gasteiger partial charge in [0.15, 0.2) is 0 Å². The van der Waals surface area contributed by atoms with E-state index in [1.54, 1.807) is 7.11 Å². The van der Waals surface area contributed by atoms with Gasteiger partial charge in [0.05, 0.1) is 19.3 Å². The Morgan fingerprint density at radius 3 is 3.15 bits per heavy atom. The third-order valence-electron chi connectivity index (χ3n) is 2.13. The minimum absolute atomic E-state index is 0.392. The highest BCUT2D eigenvalue weighted by Gasteiger charge is 2.11. The standard InChI is InChI=1S/C9H20N2O2/c1-12-6-4-10-3-2-9-8-11-5-7-13-9/h9-11H,2-8H2,1H3. The topological polar surface area (TPSA) is 42.5 Å². The summed E-state index contributed by atoms with van der Waals surface area (Å²) in [5.74, 6) is 0. The Morgan fingerprint density at radius 2 is 2.46 bits per heavy atom. The van der Waals surface area contributed by atoms with Crippen molar-refractivity contribution in [3.05, 3.63) is 0 Å². The van der Waals surface area contributed by atoms with Crippen molar-refractivity contribution in [1.29, 1.82) is 0 Å². The van der Waals surface area contributed by atoms with Gasteiger partial charge < -0.3 is 20.1 Å². The van der Waals surface area contributed by atoms with Crippen LogP contribution in [-0.2, 0) is 9.47 Å². The largest absolute Gasteiger partial charge is 0.383 e. The molecule has 0 aliphatic carbocycles. The molecule has 0 saturated carbocycles. The van der Waals surface area contributed by atoms with Crippen LogP contribution in [0.3, 0.4) is 0 Å². The van der Waals surface area contributed by atoms with Crippen LogP contribution >= 0.6 is 0 Å². The Hall–Kier alpha value is -0.160. The molecule has 13 heavy (non-hydrogen) atoms. The van der Waals surface area contributed by atoms with E-state index < -0.39 is 0 Å². The first-order valence-corrected chi connectivity index (χ1v) is 4.95.